The lowest BCUT2D eigenvalue weighted by Gasteiger charge is -2.13. The molecule has 0 aliphatic heterocycles. The molecule has 136 valence electrons. The van der Waals surface area contributed by atoms with Gasteiger partial charge < -0.3 is 4.74 Å². The summed E-state index contributed by atoms with van der Waals surface area (Å²) < 4.78 is 35.2. The molecule has 0 aliphatic carbocycles. The number of benzene rings is 2. The zero-order valence-electron chi connectivity index (χ0n) is 15.1. The Bertz CT molecular complexity index is 1040. The van der Waals surface area contributed by atoms with E-state index in [9.17, 15) is 8.42 Å². The molecule has 3 aromatic rings. The topological polar surface area (TPSA) is 73.2 Å². The fourth-order valence-electron chi connectivity index (χ4n) is 2.88. The summed E-state index contributed by atoms with van der Waals surface area (Å²) in [5.41, 5.74) is 3.66. The van der Waals surface area contributed by atoms with Crippen LogP contribution >= 0.6 is 0 Å². The van der Waals surface area contributed by atoms with Gasteiger partial charge in [0.1, 0.15) is 16.5 Å². The van der Waals surface area contributed by atoms with Gasteiger partial charge in [0.25, 0.3) is 10.0 Å². The molecule has 6 nitrogen and oxygen atoms in total. The number of nitrogens with zero attached hydrogens (tertiary/aromatic N) is 2. The summed E-state index contributed by atoms with van der Waals surface area (Å²) >= 11 is 0. The zero-order chi connectivity index (χ0) is 18.9. The van der Waals surface area contributed by atoms with E-state index in [0.717, 1.165) is 16.8 Å². The Kier molecular flexibility index (Phi) is 4.73. The quantitative estimate of drug-likeness (QED) is 0.744. The number of aryl methyl sites for hydroxylation is 3. The highest BCUT2D eigenvalue weighted by atomic mass is 32.2. The monoisotopic (exact) mass is 371 g/mol. The lowest BCUT2D eigenvalue weighted by atomic mass is 10.1. The van der Waals surface area contributed by atoms with Gasteiger partial charge >= 0.3 is 0 Å². The number of anilines is 1. The van der Waals surface area contributed by atoms with Gasteiger partial charge in [0.05, 0.1) is 18.5 Å². The first-order valence-electron chi connectivity index (χ1n) is 8.11. The van der Waals surface area contributed by atoms with Crippen LogP contribution in [-0.2, 0) is 10.0 Å². The van der Waals surface area contributed by atoms with Gasteiger partial charge in [-0.05, 0) is 56.2 Å². The van der Waals surface area contributed by atoms with Crippen LogP contribution in [0, 0.1) is 20.8 Å². The largest absolute Gasteiger partial charge is 0.495 e. The molecule has 3 rings (SSSR count). The number of methoxy groups -OCH3 is 1. The Morgan fingerprint density at radius 1 is 1.00 bits per heavy atom. The van der Waals surface area contributed by atoms with E-state index in [1.54, 1.807) is 28.9 Å². The first kappa shape index (κ1) is 18.0. The van der Waals surface area contributed by atoms with Gasteiger partial charge in [0, 0.05) is 6.07 Å². The molecule has 1 aromatic heterocycles. The van der Waals surface area contributed by atoms with E-state index < -0.39 is 10.0 Å². The zero-order valence-corrected chi connectivity index (χ0v) is 16.0. The Labute approximate surface area is 153 Å². The lowest BCUT2D eigenvalue weighted by Crippen LogP contribution is -2.16. The van der Waals surface area contributed by atoms with E-state index in [4.69, 9.17) is 4.74 Å². The summed E-state index contributed by atoms with van der Waals surface area (Å²) in [7, 11) is -2.39. The van der Waals surface area contributed by atoms with Crippen molar-refractivity contribution in [3.05, 3.63) is 65.4 Å². The Morgan fingerprint density at radius 2 is 1.65 bits per heavy atom. The Balaban J connectivity index is 2.06. The molecule has 0 bridgehead atoms. The maximum absolute atomic E-state index is 12.9. The van der Waals surface area contributed by atoms with Crippen LogP contribution in [0.4, 0.5) is 5.82 Å². The average molecular weight is 371 g/mol. The third-order valence-electron chi connectivity index (χ3n) is 3.88. The number of ether oxygens (including phenoxy) is 1. The standard InChI is InChI=1S/C19H21N3O3S/c1-13-9-14(2)11-16(10-13)22-19(12-15(3)20-22)21-26(23,24)18-8-6-5-7-17(18)25-4/h5-12,21H,1-4H3. The summed E-state index contributed by atoms with van der Waals surface area (Å²) in [4.78, 5) is 0.0772. The van der Waals surface area contributed by atoms with Crippen molar-refractivity contribution in [3.63, 3.8) is 0 Å². The summed E-state index contributed by atoms with van der Waals surface area (Å²) in [6.07, 6.45) is 0. The van der Waals surface area contributed by atoms with E-state index in [2.05, 4.69) is 15.9 Å². The molecular formula is C19H21N3O3S. The van der Waals surface area contributed by atoms with Crippen LogP contribution in [-0.4, -0.2) is 25.3 Å². The van der Waals surface area contributed by atoms with Crippen molar-refractivity contribution in [1.29, 1.82) is 0 Å². The molecule has 7 heteroatoms. The number of sulfonamides is 1. The maximum Gasteiger partial charge on any atom is 0.266 e. The highest BCUT2D eigenvalue weighted by molar-refractivity contribution is 7.92. The van der Waals surface area contributed by atoms with Gasteiger partial charge in [-0.15, -0.1) is 0 Å². The molecule has 26 heavy (non-hydrogen) atoms. The fraction of sp³-hybridized carbons (Fsp3) is 0.211. The number of rotatable bonds is 5. The predicted molar refractivity (Wildman–Crippen MR) is 102 cm³/mol. The van der Waals surface area contributed by atoms with E-state index >= 15 is 0 Å². The van der Waals surface area contributed by atoms with Crippen LogP contribution in [0.5, 0.6) is 5.75 Å². The van der Waals surface area contributed by atoms with Gasteiger partial charge in [-0.2, -0.15) is 5.10 Å². The highest BCUT2D eigenvalue weighted by Crippen LogP contribution is 2.27. The highest BCUT2D eigenvalue weighted by Gasteiger charge is 2.21. The molecular weight excluding hydrogens is 350 g/mol. The van der Waals surface area contributed by atoms with Crippen molar-refractivity contribution in [2.75, 3.05) is 11.8 Å². The minimum absolute atomic E-state index is 0.0772. The fourth-order valence-corrected chi connectivity index (χ4v) is 4.08. The molecule has 1 heterocycles. The minimum atomic E-state index is -3.83. The van der Waals surface area contributed by atoms with Crippen molar-refractivity contribution in [1.82, 2.24) is 9.78 Å². The average Bonchev–Trinajstić information content (AvgIpc) is 2.93. The van der Waals surface area contributed by atoms with Gasteiger partial charge in [-0.3, -0.25) is 4.72 Å². The molecule has 0 saturated carbocycles. The van der Waals surface area contributed by atoms with Crippen LogP contribution in [0.15, 0.2) is 53.4 Å². The molecule has 0 amide bonds. The summed E-state index contributed by atoms with van der Waals surface area (Å²) in [5, 5.41) is 4.44. The summed E-state index contributed by atoms with van der Waals surface area (Å²) in [6.45, 7) is 5.80. The summed E-state index contributed by atoms with van der Waals surface area (Å²) in [5.74, 6) is 0.660. The molecule has 0 aliphatic rings. The number of nitrogens with one attached hydrogen (secondary N) is 1. The van der Waals surface area contributed by atoms with Crippen LogP contribution in [0.25, 0.3) is 5.69 Å². The number of para-hydroxylation sites is 1. The first-order valence-corrected chi connectivity index (χ1v) is 9.59. The number of hydrogen-bond donors (Lipinski definition) is 1. The second-order valence-electron chi connectivity index (χ2n) is 6.19. The van der Waals surface area contributed by atoms with Crippen LogP contribution < -0.4 is 9.46 Å². The third-order valence-corrected chi connectivity index (χ3v) is 5.27. The van der Waals surface area contributed by atoms with Crippen molar-refractivity contribution >= 4 is 15.8 Å². The smallest absolute Gasteiger partial charge is 0.266 e. The van der Waals surface area contributed by atoms with Gasteiger partial charge in [0.2, 0.25) is 0 Å². The Morgan fingerprint density at radius 3 is 2.31 bits per heavy atom. The van der Waals surface area contributed by atoms with Crippen LogP contribution in [0.1, 0.15) is 16.8 Å². The molecule has 2 aromatic carbocycles. The SMILES string of the molecule is COc1ccccc1S(=O)(=O)Nc1cc(C)nn1-c1cc(C)cc(C)c1. The second kappa shape index (κ2) is 6.84. The van der Waals surface area contributed by atoms with Gasteiger partial charge in [-0.25, -0.2) is 13.1 Å². The first-order chi connectivity index (χ1) is 12.3. The van der Waals surface area contributed by atoms with E-state index in [1.807, 2.05) is 32.9 Å². The van der Waals surface area contributed by atoms with Gasteiger partial charge in [0.15, 0.2) is 0 Å². The molecule has 1 N–H and O–H groups in total. The minimum Gasteiger partial charge on any atom is -0.495 e. The third kappa shape index (κ3) is 3.57. The van der Waals surface area contributed by atoms with Crippen LogP contribution in [0.2, 0.25) is 0 Å². The van der Waals surface area contributed by atoms with Crippen molar-refractivity contribution < 1.29 is 13.2 Å². The molecule has 0 radical (unpaired) electrons. The molecule has 0 saturated heterocycles. The number of hydrogen-bond acceptors (Lipinski definition) is 4. The van der Waals surface area contributed by atoms with Crippen molar-refractivity contribution in [3.8, 4) is 11.4 Å². The van der Waals surface area contributed by atoms with Crippen LogP contribution in [0.3, 0.4) is 0 Å². The predicted octanol–water partition coefficient (Wildman–Crippen LogP) is 3.61. The second-order valence-corrected chi connectivity index (χ2v) is 7.84. The van der Waals surface area contributed by atoms with Gasteiger partial charge in [-0.1, -0.05) is 18.2 Å². The number of aromatic nitrogens is 2. The van der Waals surface area contributed by atoms with Crippen molar-refractivity contribution in [2.45, 2.75) is 25.7 Å². The molecule has 0 atom stereocenters. The summed E-state index contributed by atoms with van der Waals surface area (Å²) in [6, 6.07) is 14.2. The van der Waals surface area contributed by atoms with Crippen molar-refractivity contribution in [2.24, 2.45) is 0 Å². The molecule has 0 fully saturated rings. The lowest BCUT2D eigenvalue weighted by molar-refractivity contribution is 0.403. The Hall–Kier alpha value is -2.80. The maximum atomic E-state index is 12.9. The van der Waals surface area contributed by atoms with E-state index in [0.29, 0.717) is 11.5 Å². The molecule has 0 unspecified atom stereocenters. The normalized spacial score (nSPS) is 11.4. The van der Waals surface area contributed by atoms with E-state index in [-0.39, 0.29) is 10.6 Å². The molecule has 0 spiro atoms. The van der Waals surface area contributed by atoms with E-state index in [1.165, 1.54) is 13.2 Å².